The molecule has 28 heavy (non-hydrogen) atoms. The van der Waals surface area contributed by atoms with E-state index in [1.807, 2.05) is 36.5 Å². The van der Waals surface area contributed by atoms with Gasteiger partial charge >= 0.3 is 0 Å². The zero-order chi connectivity index (χ0) is 19.7. The van der Waals surface area contributed by atoms with Gasteiger partial charge in [-0.1, -0.05) is 6.07 Å². The molecule has 0 amide bonds. The van der Waals surface area contributed by atoms with Crippen LogP contribution in [0.15, 0.2) is 54.7 Å². The number of nitrogens with one attached hydrogen (secondary N) is 2. The zero-order valence-electron chi connectivity index (χ0n) is 14.1. The number of aromatic amines is 1. The number of aromatic nitrogens is 2. The molecule has 0 saturated carbocycles. The van der Waals surface area contributed by atoms with Crippen LogP contribution < -0.4 is 10.1 Å². The summed E-state index contributed by atoms with van der Waals surface area (Å²) < 4.78 is 45.6. The predicted molar refractivity (Wildman–Crippen MR) is 96.9 cm³/mol. The Kier molecular flexibility index (Phi) is 4.33. The Labute approximate surface area is 157 Å². The molecule has 0 saturated heterocycles. The van der Waals surface area contributed by atoms with Crippen LogP contribution in [0.25, 0.3) is 10.9 Å². The molecule has 0 bridgehead atoms. The molecule has 0 fully saturated rings. The second-order valence-electron chi connectivity index (χ2n) is 5.89. The molecule has 2 heterocycles. The molecule has 0 unspecified atom stereocenters. The normalized spacial score (nSPS) is 10.6. The highest BCUT2D eigenvalue weighted by Gasteiger charge is 2.13. The maximum absolute atomic E-state index is 13.8. The van der Waals surface area contributed by atoms with Crippen LogP contribution in [0, 0.1) is 28.8 Å². The fourth-order valence-corrected chi connectivity index (χ4v) is 2.67. The minimum absolute atomic E-state index is 0.00365. The average molecular weight is 380 g/mol. The predicted octanol–water partition coefficient (Wildman–Crippen LogP) is 5.39. The van der Waals surface area contributed by atoms with Gasteiger partial charge in [-0.3, -0.25) is 0 Å². The first kappa shape index (κ1) is 17.4. The largest absolute Gasteiger partial charge is 0.454 e. The molecule has 0 aliphatic carbocycles. The number of pyridine rings is 1. The second kappa shape index (κ2) is 6.96. The Hall–Kier alpha value is -3.99. The quantitative estimate of drug-likeness (QED) is 0.466. The van der Waals surface area contributed by atoms with Crippen molar-refractivity contribution < 1.29 is 17.9 Å². The van der Waals surface area contributed by atoms with Crippen LogP contribution in [0.3, 0.4) is 0 Å². The molecule has 0 aliphatic rings. The summed E-state index contributed by atoms with van der Waals surface area (Å²) >= 11 is 0. The SMILES string of the molecule is N#Cc1cc(Oc2cc(F)c(F)cc2F)cc(Nc2ccc3cc[nH]c3c2)n1. The monoisotopic (exact) mass is 380 g/mol. The number of H-pyrrole nitrogens is 1. The molecule has 0 atom stereocenters. The van der Waals surface area contributed by atoms with Gasteiger partial charge in [-0.15, -0.1) is 0 Å². The van der Waals surface area contributed by atoms with Crippen molar-refractivity contribution in [3.63, 3.8) is 0 Å². The molecule has 5 nitrogen and oxygen atoms in total. The van der Waals surface area contributed by atoms with Crippen molar-refractivity contribution in [3.8, 4) is 17.6 Å². The third kappa shape index (κ3) is 3.46. The van der Waals surface area contributed by atoms with Gasteiger partial charge in [0.15, 0.2) is 23.2 Å². The molecule has 2 N–H and O–H groups in total. The van der Waals surface area contributed by atoms with Gasteiger partial charge in [-0.05, 0) is 23.6 Å². The Morgan fingerprint density at radius 2 is 1.79 bits per heavy atom. The van der Waals surface area contributed by atoms with Crippen molar-refractivity contribution in [1.29, 1.82) is 5.26 Å². The lowest BCUT2D eigenvalue weighted by Crippen LogP contribution is -1.98. The molecule has 2 aromatic heterocycles. The van der Waals surface area contributed by atoms with Crippen molar-refractivity contribution in [1.82, 2.24) is 9.97 Å². The first-order valence-corrected chi connectivity index (χ1v) is 8.10. The molecule has 2 aromatic carbocycles. The number of halogens is 3. The number of nitrogens with zero attached hydrogens (tertiary/aromatic N) is 2. The summed E-state index contributed by atoms with van der Waals surface area (Å²) in [6.45, 7) is 0. The minimum Gasteiger partial charge on any atom is -0.454 e. The van der Waals surface area contributed by atoms with E-state index in [4.69, 9.17) is 4.74 Å². The number of fused-ring (bicyclic) bond motifs is 1. The molecular formula is C20H11F3N4O. The lowest BCUT2D eigenvalue weighted by Gasteiger charge is -2.11. The van der Waals surface area contributed by atoms with E-state index in [0.29, 0.717) is 17.8 Å². The minimum atomic E-state index is -1.32. The first-order chi connectivity index (χ1) is 13.5. The Balaban J connectivity index is 1.66. The second-order valence-corrected chi connectivity index (χ2v) is 5.89. The zero-order valence-corrected chi connectivity index (χ0v) is 14.1. The molecule has 0 aliphatic heterocycles. The lowest BCUT2D eigenvalue weighted by atomic mass is 10.2. The third-order valence-electron chi connectivity index (χ3n) is 3.94. The summed E-state index contributed by atoms with van der Waals surface area (Å²) in [5, 5.41) is 13.2. The van der Waals surface area contributed by atoms with E-state index in [9.17, 15) is 18.4 Å². The van der Waals surface area contributed by atoms with E-state index < -0.39 is 23.2 Å². The van der Waals surface area contributed by atoms with Crippen molar-refractivity contribution >= 4 is 22.4 Å². The Bertz CT molecular complexity index is 1230. The van der Waals surface area contributed by atoms with Crippen molar-refractivity contribution in [3.05, 3.63) is 77.9 Å². The molecule has 8 heteroatoms. The van der Waals surface area contributed by atoms with Gasteiger partial charge in [0.05, 0.1) is 0 Å². The maximum Gasteiger partial charge on any atom is 0.168 e. The molecule has 138 valence electrons. The smallest absolute Gasteiger partial charge is 0.168 e. The van der Waals surface area contributed by atoms with Crippen LogP contribution >= 0.6 is 0 Å². The first-order valence-electron chi connectivity index (χ1n) is 8.10. The fourth-order valence-electron chi connectivity index (χ4n) is 2.67. The summed E-state index contributed by atoms with van der Waals surface area (Å²) in [5.41, 5.74) is 1.60. The Morgan fingerprint density at radius 1 is 0.964 bits per heavy atom. The van der Waals surface area contributed by atoms with Crippen LogP contribution in [0.1, 0.15) is 5.69 Å². The summed E-state index contributed by atoms with van der Waals surface area (Å²) in [4.78, 5) is 7.20. The van der Waals surface area contributed by atoms with Gasteiger partial charge in [0.2, 0.25) is 0 Å². The van der Waals surface area contributed by atoms with Gasteiger partial charge < -0.3 is 15.0 Å². The van der Waals surface area contributed by atoms with Gasteiger partial charge in [-0.25, -0.2) is 18.2 Å². The van der Waals surface area contributed by atoms with Gasteiger partial charge in [0.1, 0.15) is 23.3 Å². The number of nitriles is 1. The van der Waals surface area contributed by atoms with E-state index in [1.165, 1.54) is 12.1 Å². The number of anilines is 2. The summed E-state index contributed by atoms with van der Waals surface area (Å²) in [7, 11) is 0. The molecule has 0 radical (unpaired) electrons. The highest BCUT2D eigenvalue weighted by molar-refractivity contribution is 5.83. The topological polar surface area (TPSA) is 73.7 Å². The number of benzene rings is 2. The number of ether oxygens (including phenoxy) is 1. The Morgan fingerprint density at radius 3 is 2.61 bits per heavy atom. The van der Waals surface area contributed by atoms with Crippen molar-refractivity contribution in [2.45, 2.75) is 0 Å². The van der Waals surface area contributed by atoms with Gasteiger partial charge in [0.25, 0.3) is 0 Å². The van der Waals surface area contributed by atoms with Crippen LogP contribution in [-0.2, 0) is 0 Å². The van der Waals surface area contributed by atoms with Gasteiger partial charge in [-0.2, -0.15) is 5.26 Å². The van der Waals surface area contributed by atoms with Crippen LogP contribution in [0.2, 0.25) is 0 Å². The lowest BCUT2D eigenvalue weighted by molar-refractivity contribution is 0.421. The standard InChI is InChI=1S/C20H11F3N4O/c21-15-8-17(23)19(9-16(15)22)28-14-5-13(10-24)27-20(7-14)26-12-2-1-11-3-4-25-18(11)6-12/h1-9,25H,(H,26,27). The highest BCUT2D eigenvalue weighted by Crippen LogP contribution is 2.29. The number of hydrogen-bond donors (Lipinski definition) is 2. The van der Waals surface area contributed by atoms with Gasteiger partial charge in [0, 0.05) is 41.7 Å². The van der Waals surface area contributed by atoms with E-state index in [1.54, 1.807) is 0 Å². The van der Waals surface area contributed by atoms with E-state index in [2.05, 4.69) is 15.3 Å². The van der Waals surface area contributed by atoms with Crippen molar-refractivity contribution in [2.24, 2.45) is 0 Å². The fraction of sp³-hybridized carbons (Fsp3) is 0. The van der Waals surface area contributed by atoms with E-state index >= 15 is 0 Å². The van der Waals surface area contributed by atoms with Crippen LogP contribution in [0.4, 0.5) is 24.7 Å². The molecule has 4 aromatic rings. The number of rotatable bonds is 4. The third-order valence-corrected chi connectivity index (χ3v) is 3.94. The molecule has 4 rings (SSSR count). The number of hydrogen-bond acceptors (Lipinski definition) is 4. The summed E-state index contributed by atoms with van der Waals surface area (Å²) in [5.74, 6) is -3.83. The van der Waals surface area contributed by atoms with E-state index in [0.717, 1.165) is 10.9 Å². The average Bonchev–Trinajstić information content (AvgIpc) is 3.13. The highest BCUT2D eigenvalue weighted by atomic mass is 19.2. The molecular weight excluding hydrogens is 369 g/mol. The van der Waals surface area contributed by atoms with E-state index in [-0.39, 0.29) is 17.3 Å². The summed E-state index contributed by atoms with van der Waals surface area (Å²) in [6.07, 6.45) is 1.81. The van der Waals surface area contributed by atoms with Crippen LogP contribution in [-0.4, -0.2) is 9.97 Å². The van der Waals surface area contributed by atoms with Crippen LogP contribution in [0.5, 0.6) is 11.5 Å². The molecule has 0 spiro atoms. The van der Waals surface area contributed by atoms with Crippen molar-refractivity contribution in [2.75, 3.05) is 5.32 Å². The maximum atomic E-state index is 13.8. The summed E-state index contributed by atoms with van der Waals surface area (Å²) in [6, 6.07) is 13.1.